The van der Waals surface area contributed by atoms with Crippen molar-refractivity contribution in [1.29, 1.82) is 0 Å². The van der Waals surface area contributed by atoms with Gasteiger partial charge in [-0.05, 0) is 41.6 Å². The lowest BCUT2D eigenvalue weighted by atomic mass is 10.1. The molecule has 1 saturated heterocycles. The van der Waals surface area contributed by atoms with Crippen molar-refractivity contribution in [3.05, 3.63) is 52.7 Å². The van der Waals surface area contributed by atoms with Gasteiger partial charge in [0.25, 0.3) is 10.0 Å². The fourth-order valence-electron chi connectivity index (χ4n) is 2.70. The third-order valence-electron chi connectivity index (χ3n) is 3.79. The molecular formula is C15H18ClFN2O2S2. The Morgan fingerprint density at radius 2 is 2.13 bits per heavy atom. The Labute approximate surface area is 145 Å². The first-order valence-electron chi connectivity index (χ1n) is 7.02. The molecule has 0 radical (unpaired) electrons. The number of halogens is 2. The molecule has 1 fully saturated rings. The van der Waals surface area contributed by atoms with Gasteiger partial charge in [0.15, 0.2) is 0 Å². The third-order valence-corrected chi connectivity index (χ3v) is 7.36. The predicted molar refractivity (Wildman–Crippen MR) is 92.2 cm³/mol. The summed E-state index contributed by atoms with van der Waals surface area (Å²) in [5, 5.41) is 4.97. The first kappa shape index (κ1) is 18.4. The van der Waals surface area contributed by atoms with Crippen LogP contribution in [-0.4, -0.2) is 32.4 Å². The molecule has 0 aliphatic carbocycles. The second-order valence-corrected chi connectivity index (χ2v) is 8.28. The predicted octanol–water partition coefficient (Wildman–Crippen LogP) is 2.95. The monoisotopic (exact) mass is 376 g/mol. The summed E-state index contributed by atoms with van der Waals surface area (Å²) in [6.45, 7) is 3.24. The van der Waals surface area contributed by atoms with Crippen molar-refractivity contribution in [1.82, 2.24) is 9.62 Å². The topological polar surface area (TPSA) is 49.4 Å². The molecule has 1 aliphatic heterocycles. The van der Waals surface area contributed by atoms with E-state index in [2.05, 4.69) is 5.32 Å². The van der Waals surface area contributed by atoms with E-state index >= 15 is 0 Å². The first-order chi connectivity index (χ1) is 10.5. The molecule has 1 aromatic carbocycles. The van der Waals surface area contributed by atoms with Gasteiger partial charge in [0.2, 0.25) is 0 Å². The average molecular weight is 377 g/mol. The highest BCUT2D eigenvalue weighted by Gasteiger charge is 2.35. The fraction of sp³-hybridized carbons (Fsp3) is 0.333. The summed E-state index contributed by atoms with van der Waals surface area (Å²) < 4.78 is 41.3. The number of nitrogens with one attached hydrogen (secondary N) is 1. The van der Waals surface area contributed by atoms with Gasteiger partial charge < -0.3 is 5.32 Å². The lowest BCUT2D eigenvalue weighted by Crippen LogP contribution is -2.48. The molecule has 23 heavy (non-hydrogen) atoms. The minimum Gasteiger partial charge on any atom is -0.313 e. The Kier molecular flexibility index (Phi) is 5.80. The summed E-state index contributed by atoms with van der Waals surface area (Å²) in [5.41, 5.74) is 1.42. The Hall–Kier alpha value is -0.990. The van der Waals surface area contributed by atoms with Crippen molar-refractivity contribution in [3.8, 4) is 0 Å². The highest BCUT2D eigenvalue weighted by molar-refractivity contribution is 7.91. The highest BCUT2D eigenvalue weighted by atomic mass is 35.5. The molecule has 1 aliphatic rings. The Balaban J connectivity index is 0.00000192. The Morgan fingerprint density at radius 1 is 1.35 bits per heavy atom. The summed E-state index contributed by atoms with van der Waals surface area (Å²) in [6, 6.07) is 7.56. The van der Waals surface area contributed by atoms with Crippen LogP contribution in [0.5, 0.6) is 0 Å². The van der Waals surface area contributed by atoms with Gasteiger partial charge in [-0.3, -0.25) is 0 Å². The molecule has 0 amide bonds. The summed E-state index contributed by atoms with van der Waals surface area (Å²) in [5.74, 6) is -0.354. The molecular weight excluding hydrogens is 359 g/mol. The number of thiophene rings is 1. The van der Waals surface area contributed by atoms with Gasteiger partial charge in [-0.15, -0.1) is 23.7 Å². The van der Waals surface area contributed by atoms with E-state index in [-0.39, 0.29) is 18.2 Å². The van der Waals surface area contributed by atoms with Gasteiger partial charge in [0, 0.05) is 19.6 Å². The SMILES string of the molecule is Cc1ccsc1S(=O)(=O)N1CCNCC1c1cccc(F)c1.Cl. The van der Waals surface area contributed by atoms with E-state index in [0.717, 1.165) is 5.56 Å². The summed E-state index contributed by atoms with van der Waals surface area (Å²) in [7, 11) is -3.57. The average Bonchev–Trinajstić information content (AvgIpc) is 2.94. The van der Waals surface area contributed by atoms with Crippen LogP contribution in [0.3, 0.4) is 0 Å². The van der Waals surface area contributed by atoms with Crippen LogP contribution in [0.15, 0.2) is 39.9 Å². The van der Waals surface area contributed by atoms with Crippen molar-refractivity contribution in [2.24, 2.45) is 0 Å². The Bertz CT molecular complexity index is 779. The lowest BCUT2D eigenvalue weighted by molar-refractivity contribution is 0.271. The van der Waals surface area contributed by atoms with Gasteiger partial charge in [0.05, 0.1) is 6.04 Å². The van der Waals surface area contributed by atoms with E-state index in [0.29, 0.717) is 29.4 Å². The second-order valence-electron chi connectivity index (χ2n) is 5.28. The van der Waals surface area contributed by atoms with E-state index in [1.807, 2.05) is 0 Å². The van der Waals surface area contributed by atoms with E-state index < -0.39 is 16.1 Å². The third kappa shape index (κ3) is 3.59. The van der Waals surface area contributed by atoms with Crippen LogP contribution in [0.1, 0.15) is 17.2 Å². The molecule has 1 atom stereocenters. The lowest BCUT2D eigenvalue weighted by Gasteiger charge is -2.35. The molecule has 2 aromatic rings. The summed E-state index contributed by atoms with van der Waals surface area (Å²) in [4.78, 5) is 0. The van der Waals surface area contributed by atoms with Crippen LogP contribution in [-0.2, 0) is 10.0 Å². The van der Waals surface area contributed by atoms with Crippen molar-refractivity contribution in [3.63, 3.8) is 0 Å². The molecule has 4 nitrogen and oxygen atoms in total. The molecule has 0 spiro atoms. The number of sulfonamides is 1. The number of benzene rings is 1. The molecule has 1 N–H and O–H groups in total. The minimum absolute atomic E-state index is 0. The van der Waals surface area contributed by atoms with Gasteiger partial charge >= 0.3 is 0 Å². The van der Waals surface area contributed by atoms with Crippen molar-refractivity contribution < 1.29 is 12.8 Å². The standard InChI is InChI=1S/C15H17FN2O2S2.ClH/c1-11-5-8-21-15(11)22(19,20)18-7-6-17-10-14(18)12-3-2-4-13(16)9-12;/h2-5,8-9,14,17H,6-7,10H2,1H3;1H. The highest BCUT2D eigenvalue weighted by Crippen LogP contribution is 2.32. The molecule has 1 unspecified atom stereocenters. The number of rotatable bonds is 3. The van der Waals surface area contributed by atoms with Gasteiger partial charge in [-0.1, -0.05) is 12.1 Å². The van der Waals surface area contributed by atoms with E-state index in [4.69, 9.17) is 0 Å². The maximum atomic E-state index is 13.5. The summed E-state index contributed by atoms with van der Waals surface area (Å²) in [6.07, 6.45) is 0. The Morgan fingerprint density at radius 3 is 2.78 bits per heavy atom. The molecule has 2 heterocycles. The number of aryl methyl sites for hydroxylation is 1. The zero-order valence-corrected chi connectivity index (χ0v) is 15.0. The van der Waals surface area contributed by atoms with Crippen molar-refractivity contribution >= 4 is 33.8 Å². The second kappa shape index (κ2) is 7.27. The molecule has 8 heteroatoms. The van der Waals surface area contributed by atoms with E-state index in [1.165, 1.54) is 27.8 Å². The number of nitrogens with zero attached hydrogens (tertiary/aromatic N) is 1. The van der Waals surface area contributed by atoms with Crippen LogP contribution in [0.2, 0.25) is 0 Å². The first-order valence-corrected chi connectivity index (χ1v) is 9.34. The van der Waals surface area contributed by atoms with Crippen LogP contribution < -0.4 is 5.32 Å². The zero-order valence-electron chi connectivity index (χ0n) is 12.5. The van der Waals surface area contributed by atoms with E-state index in [9.17, 15) is 12.8 Å². The summed E-state index contributed by atoms with van der Waals surface area (Å²) >= 11 is 1.23. The number of hydrogen-bond acceptors (Lipinski definition) is 4. The van der Waals surface area contributed by atoms with Crippen LogP contribution in [0, 0.1) is 12.7 Å². The maximum absolute atomic E-state index is 13.5. The molecule has 0 bridgehead atoms. The maximum Gasteiger partial charge on any atom is 0.253 e. The van der Waals surface area contributed by atoms with Crippen molar-refractivity contribution in [2.75, 3.05) is 19.6 Å². The zero-order chi connectivity index (χ0) is 15.7. The largest absolute Gasteiger partial charge is 0.313 e. The van der Waals surface area contributed by atoms with Crippen LogP contribution >= 0.6 is 23.7 Å². The van der Waals surface area contributed by atoms with Crippen LogP contribution in [0.25, 0.3) is 0 Å². The van der Waals surface area contributed by atoms with E-state index in [1.54, 1.807) is 30.5 Å². The number of piperazine rings is 1. The van der Waals surface area contributed by atoms with Gasteiger partial charge in [0.1, 0.15) is 10.0 Å². The smallest absolute Gasteiger partial charge is 0.253 e. The fourth-order valence-corrected chi connectivity index (χ4v) is 5.84. The van der Waals surface area contributed by atoms with Crippen LogP contribution in [0.4, 0.5) is 4.39 Å². The van der Waals surface area contributed by atoms with Crippen molar-refractivity contribution in [2.45, 2.75) is 17.2 Å². The van der Waals surface area contributed by atoms with Gasteiger partial charge in [-0.2, -0.15) is 4.31 Å². The molecule has 126 valence electrons. The normalized spacial score (nSPS) is 19.3. The van der Waals surface area contributed by atoms with Gasteiger partial charge in [-0.25, -0.2) is 12.8 Å². The molecule has 1 aromatic heterocycles. The minimum atomic E-state index is -3.57. The quantitative estimate of drug-likeness (QED) is 0.896. The molecule has 3 rings (SSSR count). The number of hydrogen-bond donors (Lipinski definition) is 1. The molecule has 0 saturated carbocycles.